The number of phenols is 2. The van der Waals surface area contributed by atoms with E-state index < -0.39 is 11.3 Å². The molecule has 0 bridgehead atoms. The molecule has 0 aromatic heterocycles. The van der Waals surface area contributed by atoms with Crippen LogP contribution < -0.4 is 0 Å². The molecule has 0 aliphatic heterocycles. The van der Waals surface area contributed by atoms with Gasteiger partial charge in [-0.25, -0.2) is 0 Å². The number of terminal acetylenes is 1. The molecule has 0 amide bonds. The molecule has 6 nitrogen and oxygen atoms in total. The van der Waals surface area contributed by atoms with Crippen molar-refractivity contribution in [1.29, 1.82) is 0 Å². The zero-order chi connectivity index (χ0) is 27.7. The third-order valence-corrected chi connectivity index (χ3v) is 7.57. The molecular formula is C32H36O6. The number of hydrogen-bond acceptors (Lipinski definition) is 6. The standard InChI is InChI=1S/C32H36O6/c1-3-9-24(34)10-8-11-28(29(37)17-15-23(33)4-2)32(18-6-5-7-19-32)31(22-12-13-25(35)20-22)27-16-14-26(36)21-30(27)38/h1,4,8-10,12-17,20-22,28,31,33-38H,2,5-7,11,18-19H2/b10-8-,23-15+,24-9+,29-17-. The lowest BCUT2D eigenvalue weighted by Gasteiger charge is -2.50. The van der Waals surface area contributed by atoms with E-state index in [1.54, 1.807) is 24.3 Å². The van der Waals surface area contributed by atoms with E-state index in [0.717, 1.165) is 32.1 Å². The quantitative estimate of drug-likeness (QED) is 0.109. The van der Waals surface area contributed by atoms with Crippen molar-refractivity contribution in [2.24, 2.45) is 17.3 Å². The summed E-state index contributed by atoms with van der Waals surface area (Å²) in [7, 11) is 0. The third kappa shape index (κ3) is 6.54. The highest BCUT2D eigenvalue weighted by molar-refractivity contribution is 5.45. The maximum Gasteiger partial charge on any atom is 0.123 e. The Morgan fingerprint density at radius 2 is 1.82 bits per heavy atom. The van der Waals surface area contributed by atoms with Crippen LogP contribution in [0.5, 0.6) is 11.5 Å². The SMILES string of the molecule is C#C/C=C(O)\C=C/CC(/C(O)=C/C=C(/O)C=C)C1(C(c2ccc(O)cc2O)C2C=CC(O)=C2)CCCCC1. The second-order valence-electron chi connectivity index (χ2n) is 9.86. The summed E-state index contributed by atoms with van der Waals surface area (Å²) in [4.78, 5) is 0. The van der Waals surface area contributed by atoms with Gasteiger partial charge in [0.05, 0.1) is 5.76 Å². The van der Waals surface area contributed by atoms with E-state index in [-0.39, 0.29) is 46.4 Å². The fraction of sp³-hybridized carbons (Fsp3) is 0.312. The molecule has 0 saturated heterocycles. The third-order valence-electron chi connectivity index (χ3n) is 7.57. The molecule has 3 rings (SSSR count). The Balaban J connectivity index is 2.24. The second-order valence-corrected chi connectivity index (χ2v) is 9.86. The van der Waals surface area contributed by atoms with Crippen LogP contribution in [0.4, 0.5) is 0 Å². The van der Waals surface area contributed by atoms with E-state index in [1.807, 2.05) is 6.08 Å². The first-order valence-corrected chi connectivity index (χ1v) is 12.8. The largest absolute Gasteiger partial charge is 0.512 e. The van der Waals surface area contributed by atoms with Crippen LogP contribution in [0.3, 0.4) is 0 Å². The normalized spacial score (nSPS) is 21.6. The van der Waals surface area contributed by atoms with Gasteiger partial charge in [-0.1, -0.05) is 50.0 Å². The lowest BCUT2D eigenvalue weighted by Crippen LogP contribution is -2.42. The minimum atomic E-state index is -0.600. The molecule has 2 aliphatic carbocycles. The molecule has 0 spiro atoms. The summed E-state index contributed by atoms with van der Waals surface area (Å²) < 4.78 is 0. The van der Waals surface area contributed by atoms with E-state index >= 15 is 0 Å². The van der Waals surface area contributed by atoms with E-state index in [0.29, 0.717) is 12.0 Å². The molecule has 6 N–H and O–H groups in total. The van der Waals surface area contributed by atoms with Crippen LogP contribution in [0.1, 0.15) is 50.0 Å². The molecule has 1 aromatic rings. The minimum absolute atomic E-state index is 0.0313. The predicted molar refractivity (Wildman–Crippen MR) is 150 cm³/mol. The van der Waals surface area contributed by atoms with Gasteiger partial charge in [0, 0.05) is 29.9 Å². The average Bonchev–Trinajstić information content (AvgIpc) is 3.32. The molecule has 38 heavy (non-hydrogen) atoms. The van der Waals surface area contributed by atoms with Crippen LogP contribution in [-0.2, 0) is 0 Å². The second kappa shape index (κ2) is 12.8. The summed E-state index contributed by atoms with van der Waals surface area (Å²) in [6.07, 6.45) is 23.7. The molecule has 3 atom stereocenters. The Morgan fingerprint density at radius 1 is 1.08 bits per heavy atom. The van der Waals surface area contributed by atoms with Gasteiger partial charge in [-0.2, -0.15) is 0 Å². The number of aliphatic hydroxyl groups is 4. The van der Waals surface area contributed by atoms with Crippen molar-refractivity contribution in [3.63, 3.8) is 0 Å². The number of rotatable bonds is 10. The first-order valence-electron chi connectivity index (χ1n) is 12.8. The van der Waals surface area contributed by atoms with Gasteiger partial charge >= 0.3 is 0 Å². The van der Waals surface area contributed by atoms with Crippen LogP contribution in [0, 0.1) is 29.6 Å². The molecule has 200 valence electrons. The summed E-state index contributed by atoms with van der Waals surface area (Å²) in [6.45, 7) is 3.54. The van der Waals surface area contributed by atoms with Crippen LogP contribution in [0.2, 0.25) is 0 Å². The van der Waals surface area contributed by atoms with E-state index in [2.05, 4.69) is 12.5 Å². The first kappa shape index (κ1) is 28.3. The van der Waals surface area contributed by atoms with Gasteiger partial charge < -0.3 is 30.6 Å². The summed E-state index contributed by atoms with van der Waals surface area (Å²) >= 11 is 0. The number of hydrogen-bond donors (Lipinski definition) is 6. The van der Waals surface area contributed by atoms with Gasteiger partial charge in [0.25, 0.3) is 0 Å². The van der Waals surface area contributed by atoms with E-state index in [1.165, 1.54) is 42.5 Å². The molecule has 1 saturated carbocycles. The van der Waals surface area contributed by atoms with Crippen molar-refractivity contribution in [3.8, 4) is 23.8 Å². The number of aliphatic hydroxyl groups excluding tert-OH is 4. The van der Waals surface area contributed by atoms with Crippen molar-refractivity contribution in [1.82, 2.24) is 0 Å². The highest BCUT2D eigenvalue weighted by atomic mass is 16.3. The molecule has 2 aliphatic rings. The predicted octanol–water partition coefficient (Wildman–Crippen LogP) is 7.47. The summed E-state index contributed by atoms with van der Waals surface area (Å²) in [5.74, 6) is 0.975. The van der Waals surface area contributed by atoms with Crippen LogP contribution in [0.15, 0.2) is 102 Å². The summed E-state index contributed by atoms with van der Waals surface area (Å²) in [5.41, 5.74) is 0.00301. The minimum Gasteiger partial charge on any atom is -0.512 e. The molecule has 6 heteroatoms. The molecule has 0 radical (unpaired) electrons. The smallest absolute Gasteiger partial charge is 0.123 e. The summed E-state index contributed by atoms with van der Waals surface area (Å²) in [6, 6.07) is 4.53. The molecule has 3 unspecified atom stereocenters. The molecule has 1 aromatic carbocycles. The Hall–Kier alpha value is -4.24. The van der Waals surface area contributed by atoms with Crippen molar-refractivity contribution in [2.45, 2.75) is 44.4 Å². The Bertz CT molecular complexity index is 1230. The number of phenolic OH excluding ortho intramolecular Hbond substituents is 2. The van der Waals surface area contributed by atoms with Crippen molar-refractivity contribution < 1.29 is 30.6 Å². The van der Waals surface area contributed by atoms with Crippen molar-refractivity contribution in [3.05, 3.63) is 108 Å². The van der Waals surface area contributed by atoms with E-state index in [4.69, 9.17) is 6.42 Å². The maximum atomic E-state index is 11.5. The van der Waals surface area contributed by atoms with Crippen molar-refractivity contribution >= 4 is 0 Å². The van der Waals surface area contributed by atoms with Gasteiger partial charge in [-0.05, 0) is 72.8 Å². The molecule has 0 heterocycles. The zero-order valence-electron chi connectivity index (χ0n) is 21.4. The van der Waals surface area contributed by atoms with Crippen LogP contribution >= 0.6 is 0 Å². The van der Waals surface area contributed by atoms with E-state index in [9.17, 15) is 30.6 Å². The first-order chi connectivity index (χ1) is 18.2. The van der Waals surface area contributed by atoms with Crippen molar-refractivity contribution in [2.75, 3.05) is 0 Å². The summed E-state index contributed by atoms with van der Waals surface area (Å²) in [5, 5.41) is 62.7. The Kier molecular flexibility index (Phi) is 9.56. The number of benzene rings is 1. The molecular weight excluding hydrogens is 480 g/mol. The lowest BCUT2D eigenvalue weighted by molar-refractivity contribution is 0.0458. The maximum absolute atomic E-state index is 11.5. The van der Waals surface area contributed by atoms with Gasteiger partial charge in [0.1, 0.15) is 28.8 Å². The lowest BCUT2D eigenvalue weighted by atomic mass is 9.53. The number of aromatic hydroxyl groups is 2. The highest BCUT2D eigenvalue weighted by Crippen LogP contribution is 2.60. The van der Waals surface area contributed by atoms with Gasteiger partial charge in [0.2, 0.25) is 0 Å². The van der Waals surface area contributed by atoms with Gasteiger partial charge in [-0.15, -0.1) is 6.42 Å². The molecule has 1 fully saturated rings. The average molecular weight is 517 g/mol. The van der Waals surface area contributed by atoms with Crippen LogP contribution in [-0.4, -0.2) is 30.6 Å². The Labute approximate surface area is 224 Å². The number of allylic oxidation sites excluding steroid dienone is 10. The van der Waals surface area contributed by atoms with Crippen LogP contribution in [0.25, 0.3) is 0 Å². The topological polar surface area (TPSA) is 121 Å². The fourth-order valence-electron chi connectivity index (χ4n) is 5.97. The monoisotopic (exact) mass is 516 g/mol. The van der Waals surface area contributed by atoms with Gasteiger partial charge in [0.15, 0.2) is 0 Å². The highest BCUT2D eigenvalue weighted by Gasteiger charge is 2.50. The van der Waals surface area contributed by atoms with Gasteiger partial charge in [-0.3, -0.25) is 0 Å². The Morgan fingerprint density at radius 3 is 2.42 bits per heavy atom. The zero-order valence-corrected chi connectivity index (χ0v) is 21.4. The fourth-order valence-corrected chi connectivity index (χ4v) is 5.97.